The molecular formula is C32H26F6N2O6S2. The van der Waals surface area contributed by atoms with E-state index in [1.54, 1.807) is 0 Å². The highest BCUT2D eigenvalue weighted by Gasteiger charge is 2.59. The van der Waals surface area contributed by atoms with Gasteiger partial charge in [0.2, 0.25) is 0 Å². The topological polar surface area (TPSA) is 109 Å². The van der Waals surface area contributed by atoms with Gasteiger partial charge in [-0.3, -0.25) is 9.59 Å². The fourth-order valence-corrected chi connectivity index (χ4v) is 7.05. The molecule has 0 aliphatic heterocycles. The number of nitrogens with zero attached hydrogens (tertiary/aromatic N) is 2. The van der Waals surface area contributed by atoms with E-state index in [9.17, 15) is 52.8 Å². The average molecular weight is 713 g/mol. The number of hydrogen-bond donors (Lipinski definition) is 0. The molecule has 4 aromatic carbocycles. The lowest BCUT2D eigenvalue weighted by atomic mass is 9.98. The van der Waals surface area contributed by atoms with Crippen LogP contribution in [0.2, 0.25) is 0 Å². The molecule has 0 saturated heterocycles. The van der Waals surface area contributed by atoms with Crippen LogP contribution in [0.5, 0.6) is 0 Å². The summed E-state index contributed by atoms with van der Waals surface area (Å²) >= 11 is 0. The Labute approximate surface area is 272 Å². The van der Waals surface area contributed by atoms with Gasteiger partial charge in [0, 0.05) is 0 Å². The second kappa shape index (κ2) is 14.2. The van der Waals surface area contributed by atoms with Crippen LogP contribution in [0.25, 0.3) is 0 Å². The Bertz CT molecular complexity index is 1780. The standard InChI is InChI=1S/C32H26F6N2O6S2/c33-31(34,35)47(43,44)39(27(25-17-9-3-10-18-25)21-23-13-5-1-6-14-23)29(41)30(42)40(48(45,46)32(36,37)38)28(26-19-11-4-12-20-26)22-24-15-7-2-8-16-24/h1-20,27-28H,21-22H2. The third-order valence-electron chi connectivity index (χ3n) is 7.16. The number of benzene rings is 4. The smallest absolute Gasteiger partial charge is 0.262 e. The maximum Gasteiger partial charge on any atom is 0.516 e. The normalized spacial score (nSPS) is 13.7. The Kier molecular flexibility index (Phi) is 10.7. The Morgan fingerprint density at radius 1 is 0.479 bits per heavy atom. The number of alkyl halides is 6. The Morgan fingerprint density at radius 3 is 0.979 bits per heavy atom. The lowest BCUT2D eigenvalue weighted by molar-refractivity contribution is -0.149. The molecule has 2 unspecified atom stereocenters. The highest BCUT2D eigenvalue weighted by atomic mass is 32.2. The number of hydrogen-bond acceptors (Lipinski definition) is 6. The molecule has 8 nitrogen and oxygen atoms in total. The van der Waals surface area contributed by atoms with Crippen molar-refractivity contribution in [1.82, 2.24) is 8.61 Å². The lowest BCUT2D eigenvalue weighted by Gasteiger charge is -2.35. The zero-order valence-corrected chi connectivity index (χ0v) is 26.2. The van der Waals surface area contributed by atoms with Gasteiger partial charge < -0.3 is 0 Å². The van der Waals surface area contributed by atoms with Crippen LogP contribution in [0.3, 0.4) is 0 Å². The molecule has 0 heterocycles. The van der Waals surface area contributed by atoms with E-state index in [-0.39, 0.29) is 22.3 Å². The number of carbonyl (C=O) groups excluding carboxylic acids is 2. The van der Waals surface area contributed by atoms with Crippen LogP contribution < -0.4 is 0 Å². The van der Waals surface area contributed by atoms with E-state index in [2.05, 4.69) is 0 Å². The zero-order valence-electron chi connectivity index (χ0n) is 24.5. The molecule has 4 aromatic rings. The molecule has 0 fully saturated rings. The highest BCUT2D eigenvalue weighted by molar-refractivity contribution is 7.91. The molecule has 0 saturated carbocycles. The second-order valence-electron chi connectivity index (χ2n) is 10.3. The summed E-state index contributed by atoms with van der Waals surface area (Å²) in [4.78, 5) is 27.9. The van der Waals surface area contributed by atoms with Crippen LogP contribution >= 0.6 is 0 Å². The van der Waals surface area contributed by atoms with Gasteiger partial charge in [-0.05, 0) is 35.1 Å². The van der Waals surface area contributed by atoms with Crippen molar-refractivity contribution in [3.63, 3.8) is 0 Å². The molecule has 0 spiro atoms. The SMILES string of the molecule is O=C(C(=O)N(C(Cc1ccccc1)c1ccccc1)S(=O)(=O)C(F)(F)F)N(C(Cc1ccccc1)c1ccccc1)S(=O)(=O)C(F)(F)F. The first kappa shape index (κ1) is 36.1. The van der Waals surface area contributed by atoms with E-state index in [0.29, 0.717) is 0 Å². The minimum atomic E-state index is -6.85. The Morgan fingerprint density at radius 2 is 0.729 bits per heavy atom. The molecule has 0 aliphatic carbocycles. The third-order valence-corrected chi connectivity index (χ3v) is 10.2. The van der Waals surface area contributed by atoms with Crippen molar-refractivity contribution in [2.24, 2.45) is 0 Å². The summed E-state index contributed by atoms with van der Waals surface area (Å²) < 4.78 is 136. The summed E-state index contributed by atoms with van der Waals surface area (Å²) in [5.74, 6) is -5.34. The Balaban J connectivity index is 1.98. The number of carbonyl (C=O) groups is 2. The van der Waals surface area contributed by atoms with Crippen molar-refractivity contribution in [2.75, 3.05) is 0 Å². The van der Waals surface area contributed by atoms with Crippen LogP contribution in [0, 0.1) is 0 Å². The summed E-state index contributed by atoms with van der Waals surface area (Å²) in [6.45, 7) is 0. The molecular weight excluding hydrogens is 686 g/mol. The molecule has 4 rings (SSSR count). The molecule has 0 radical (unpaired) electrons. The van der Waals surface area contributed by atoms with Crippen LogP contribution in [0.1, 0.15) is 34.3 Å². The predicted molar refractivity (Wildman–Crippen MR) is 162 cm³/mol. The lowest BCUT2D eigenvalue weighted by Crippen LogP contribution is -2.56. The number of sulfonamides is 2. The van der Waals surface area contributed by atoms with Crippen molar-refractivity contribution >= 4 is 31.9 Å². The monoisotopic (exact) mass is 712 g/mol. The van der Waals surface area contributed by atoms with Gasteiger partial charge in [-0.2, -0.15) is 43.2 Å². The van der Waals surface area contributed by atoms with Gasteiger partial charge in [0.15, 0.2) is 0 Å². The highest BCUT2D eigenvalue weighted by Crippen LogP contribution is 2.39. The van der Waals surface area contributed by atoms with Gasteiger partial charge in [-0.1, -0.05) is 121 Å². The van der Waals surface area contributed by atoms with Gasteiger partial charge in [-0.25, -0.2) is 8.61 Å². The van der Waals surface area contributed by atoms with Crippen molar-refractivity contribution < 1.29 is 52.8 Å². The van der Waals surface area contributed by atoms with E-state index in [4.69, 9.17) is 0 Å². The third kappa shape index (κ3) is 7.71. The summed E-state index contributed by atoms with van der Waals surface area (Å²) in [6, 6.07) is 22.7. The van der Waals surface area contributed by atoms with E-state index >= 15 is 0 Å². The largest absolute Gasteiger partial charge is 0.516 e. The minimum Gasteiger partial charge on any atom is -0.262 e. The molecule has 0 aliphatic rings. The zero-order chi connectivity index (χ0) is 35.3. The van der Waals surface area contributed by atoms with Crippen LogP contribution in [-0.2, 0) is 42.5 Å². The van der Waals surface area contributed by atoms with Crippen molar-refractivity contribution in [2.45, 2.75) is 35.9 Å². The maximum atomic E-state index is 14.3. The molecule has 254 valence electrons. The molecule has 16 heteroatoms. The first-order valence-corrected chi connectivity index (χ1v) is 16.8. The number of halogens is 6. The fraction of sp³-hybridized carbons (Fsp3) is 0.188. The summed E-state index contributed by atoms with van der Waals surface area (Å²) in [5.41, 5.74) is -12.6. The molecule has 0 N–H and O–H groups in total. The molecule has 48 heavy (non-hydrogen) atoms. The predicted octanol–water partition coefficient (Wildman–Crippen LogP) is 6.31. The molecule has 0 aromatic heterocycles. The fourth-order valence-electron chi connectivity index (χ4n) is 4.95. The molecule has 2 amide bonds. The van der Waals surface area contributed by atoms with Gasteiger partial charge in [0.25, 0.3) is 0 Å². The van der Waals surface area contributed by atoms with Crippen LogP contribution in [0.15, 0.2) is 121 Å². The first-order valence-electron chi connectivity index (χ1n) is 13.9. The maximum absolute atomic E-state index is 14.3. The number of rotatable bonds is 10. The quantitative estimate of drug-likeness (QED) is 0.141. The van der Waals surface area contributed by atoms with Crippen molar-refractivity contribution in [3.8, 4) is 0 Å². The van der Waals surface area contributed by atoms with Gasteiger partial charge >= 0.3 is 42.9 Å². The van der Waals surface area contributed by atoms with Crippen molar-refractivity contribution in [3.05, 3.63) is 144 Å². The van der Waals surface area contributed by atoms with E-state index in [1.807, 2.05) is 0 Å². The molecule has 2 atom stereocenters. The van der Waals surface area contributed by atoms with Gasteiger partial charge in [0.1, 0.15) is 0 Å². The van der Waals surface area contributed by atoms with E-state index in [1.165, 1.54) is 97.1 Å². The number of amides is 2. The van der Waals surface area contributed by atoms with Gasteiger partial charge in [-0.15, -0.1) is 0 Å². The average Bonchev–Trinajstić information content (AvgIpc) is 3.04. The minimum absolute atomic E-state index is 0.181. The van der Waals surface area contributed by atoms with E-state index < -0.39 is 76.4 Å². The van der Waals surface area contributed by atoms with E-state index in [0.717, 1.165) is 24.3 Å². The summed E-state index contributed by atoms with van der Waals surface area (Å²) in [7, 11) is -13.7. The summed E-state index contributed by atoms with van der Waals surface area (Å²) in [5, 5.41) is 0. The summed E-state index contributed by atoms with van der Waals surface area (Å²) in [6.07, 6.45) is -1.34. The molecule has 0 bridgehead atoms. The van der Waals surface area contributed by atoms with Gasteiger partial charge in [0.05, 0.1) is 12.1 Å². The van der Waals surface area contributed by atoms with Crippen LogP contribution in [-0.4, -0.2) is 48.3 Å². The second-order valence-corrected chi connectivity index (χ2v) is 13.9. The first-order chi connectivity index (χ1) is 22.5. The van der Waals surface area contributed by atoms with Crippen LogP contribution in [0.4, 0.5) is 26.3 Å². The Hall–Kier alpha value is -4.70. The van der Waals surface area contributed by atoms with Crippen molar-refractivity contribution in [1.29, 1.82) is 0 Å².